The Hall–Kier alpha value is -2.86. The van der Waals surface area contributed by atoms with Crippen LogP contribution in [0.5, 0.6) is 0 Å². The van der Waals surface area contributed by atoms with Gasteiger partial charge >= 0.3 is 5.97 Å². The van der Waals surface area contributed by atoms with Crippen molar-refractivity contribution in [2.24, 2.45) is 5.10 Å². The highest BCUT2D eigenvalue weighted by Crippen LogP contribution is 2.18. The van der Waals surface area contributed by atoms with Gasteiger partial charge in [0.1, 0.15) is 11.5 Å². The predicted molar refractivity (Wildman–Crippen MR) is 102 cm³/mol. The lowest BCUT2D eigenvalue weighted by Crippen LogP contribution is -2.51. The fourth-order valence-electron chi connectivity index (χ4n) is 3.05. The number of benzene rings is 1. The molecule has 10 nitrogen and oxygen atoms in total. The maximum atomic E-state index is 13.0. The second kappa shape index (κ2) is 8.88. The number of carbonyl (C=O) groups is 3. The van der Waals surface area contributed by atoms with Crippen LogP contribution in [0.25, 0.3) is 0 Å². The molecule has 162 valence electrons. The maximum Gasteiger partial charge on any atom is 0.355 e. The number of esters is 1. The Morgan fingerprint density at radius 2 is 1.73 bits per heavy atom. The molecule has 0 spiro atoms. The molecule has 2 amide bonds. The largest absolute Gasteiger partial charge is 0.451 e. The molecule has 1 saturated heterocycles. The normalized spacial score (nSPS) is 18.2. The van der Waals surface area contributed by atoms with Gasteiger partial charge in [-0.25, -0.2) is 22.6 Å². The number of ether oxygens (including phenoxy) is 1. The van der Waals surface area contributed by atoms with Gasteiger partial charge in [0.2, 0.25) is 15.9 Å². The zero-order valence-electron chi connectivity index (χ0n) is 16.3. The average molecular weight is 440 g/mol. The van der Waals surface area contributed by atoms with Crippen molar-refractivity contribution in [3.05, 3.63) is 30.1 Å². The molecule has 1 aromatic rings. The van der Waals surface area contributed by atoms with Gasteiger partial charge in [-0.1, -0.05) is 0 Å². The quantitative estimate of drug-likeness (QED) is 0.586. The molecular formula is C18H21FN4O6S. The molecule has 0 radical (unpaired) electrons. The maximum absolute atomic E-state index is 13.0. The van der Waals surface area contributed by atoms with Gasteiger partial charge in [0.05, 0.1) is 4.90 Å². The Labute approximate surface area is 172 Å². The summed E-state index contributed by atoms with van der Waals surface area (Å²) < 4.78 is 44.4. The molecule has 1 fully saturated rings. The molecule has 2 heterocycles. The standard InChI is InChI=1S/C18H21FN4O6S/c1-21-16(24)7-6-15(20-21)18(26)29-12-17(25)22-8-10-23(11-9-22)30(27,28)14-4-2-13(19)3-5-14/h2-5H,6-12H2,1H3. The number of carbonyl (C=O) groups excluding carboxylic acids is 3. The summed E-state index contributed by atoms with van der Waals surface area (Å²) in [6.45, 7) is -0.0950. The van der Waals surface area contributed by atoms with Crippen molar-refractivity contribution in [3.63, 3.8) is 0 Å². The lowest BCUT2D eigenvalue weighted by molar-refractivity contribution is -0.147. The lowest BCUT2D eigenvalue weighted by Gasteiger charge is -2.33. The molecule has 0 aliphatic carbocycles. The van der Waals surface area contributed by atoms with Crippen molar-refractivity contribution in [1.82, 2.24) is 14.2 Å². The van der Waals surface area contributed by atoms with Crippen molar-refractivity contribution in [1.29, 1.82) is 0 Å². The monoisotopic (exact) mass is 440 g/mol. The predicted octanol–water partition coefficient (Wildman–Crippen LogP) is -0.190. The van der Waals surface area contributed by atoms with Crippen LogP contribution in [0.2, 0.25) is 0 Å². The third-order valence-corrected chi connectivity index (χ3v) is 6.73. The summed E-state index contributed by atoms with van der Waals surface area (Å²) in [5.74, 6) is -1.96. The highest BCUT2D eigenvalue weighted by atomic mass is 32.2. The molecule has 12 heteroatoms. The highest BCUT2D eigenvalue weighted by molar-refractivity contribution is 7.89. The van der Waals surface area contributed by atoms with Crippen LogP contribution in [0.4, 0.5) is 4.39 Å². The van der Waals surface area contributed by atoms with E-state index in [1.54, 1.807) is 0 Å². The van der Waals surface area contributed by atoms with E-state index in [0.29, 0.717) is 0 Å². The second-order valence-corrected chi connectivity index (χ2v) is 8.72. The fourth-order valence-corrected chi connectivity index (χ4v) is 4.47. The van der Waals surface area contributed by atoms with E-state index in [0.717, 1.165) is 17.1 Å². The minimum absolute atomic E-state index is 0.0192. The topological polar surface area (TPSA) is 117 Å². The molecule has 30 heavy (non-hydrogen) atoms. The van der Waals surface area contributed by atoms with Gasteiger partial charge in [0.15, 0.2) is 6.61 Å². The van der Waals surface area contributed by atoms with Gasteiger partial charge in [-0.2, -0.15) is 9.41 Å². The summed E-state index contributed by atoms with van der Waals surface area (Å²) in [4.78, 5) is 37.1. The molecular weight excluding hydrogens is 419 g/mol. The van der Waals surface area contributed by atoms with E-state index < -0.39 is 34.3 Å². The van der Waals surface area contributed by atoms with Crippen LogP contribution in [0.3, 0.4) is 0 Å². The van der Waals surface area contributed by atoms with Crippen LogP contribution in [0.1, 0.15) is 12.8 Å². The van der Waals surface area contributed by atoms with Crippen molar-refractivity contribution in [2.45, 2.75) is 17.7 Å². The van der Waals surface area contributed by atoms with E-state index >= 15 is 0 Å². The summed E-state index contributed by atoms with van der Waals surface area (Å²) in [6, 6.07) is 4.54. The van der Waals surface area contributed by atoms with E-state index in [1.165, 1.54) is 28.4 Å². The molecule has 0 bridgehead atoms. The Kier molecular flexibility index (Phi) is 6.46. The van der Waals surface area contributed by atoms with Crippen LogP contribution in [-0.4, -0.2) is 86.0 Å². The third-order valence-electron chi connectivity index (χ3n) is 4.81. The van der Waals surface area contributed by atoms with Gasteiger partial charge in [-0.3, -0.25) is 9.59 Å². The summed E-state index contributed by atoms with van der Waals surface area (Å²) >= 11 is 0. The Balaban J connectivity index is 1.50. The van der Waals surface area contributed by atoms with Gasteiger partial charge in [0, 0.05) is 46.1 Å². The first-order chi connectivity index (χ1) is 14.2. The molecule has 2 aliphatic heterocycles. The minimum Gasteiger partial charge on any atom is -0.451 e. The summed E-state index contributed by atoms with van der Waals surface area (Å²) in [5, 5.41) is 4.89. The van der Waals surface area contributed by atoms with Crippen LogP contribution in [-0.2, 0) is 29.1 Å². The van der Waals surface area contributed by atoms with Crippen molar-refractivity contribution in [2.75, 3.05) is 39.8 Å². The molecule has 0 atom stereocenters. The molecule has 0 aromatic heterocycles. The van der Waals surface area contributed by atoms with Crippen LogP contribution >= 0.6 is 0 Å². The lowest BCUT2D eigenvalue weighted by atomic mass is 10.2. The zero-order chi connectivity index (χ0) is 21.9. The van der Waals surface area contributed by atoms with Crippen LogP contribution in [0.15, 0.2) is 34.3 Å². The molecule has 1 aromatic carbocycles. The van der Waals surface area contributed by atoms with Gasteiger partial charge < -0.3 is 9.64 Å². The number of amides is 2. The molecule has 0 saturated carbocycles. The molecule has 2 aliphatic rings. The molecule has 0 N–H and O–H groups in total. The van der Waals surface area contributed by atoms with Crippen LogP contribution < -0.4 is 0 Å². The number of hydrogen-bond acceptors (Lipinski definition) is 7. The van der Waals surface area contributed by atoms with Crippen LogP contribution in [0, 0.1) is 5.82 Å². The summed E-state index contributed by atoms with van der Waals surface area (Å²) in [7, 11) is -2.35. The minimum atomic E-state index is -3.78. The smallest absolute Gasteiger partial charge is 0.355 e. The Bertz CT molecular complexity index is 971. The van der Waals surface area contributed by atoms with Gasteiger partial charge in [-0.15, -0.1) is 0 Å². The van der Waals surface area contributed by atoms with Crippen molar-refractivity contribution >= 4 is 33.5 Å². The Morgan fingerprint density at radius 3 is 2.33 bits per heavy atom. The number of sulfonamides is 1. The number of hydrogen-bond donors (Lipinski definition) is 0. The van der Waals surface area contributed by atoms with E-state index in [9.17, 15) is 27.2 Å². The van der Waals surface area contributed by atoms with Gasteiger partial charge in [-0.05, 0) is 24.3 Å². The van der Waals surface area contributed by atoms with Crippen molar-refractivity contribution in [3.8, 4) is 0 Å². The molecule has 3 rings (SSSR count). The number of piperazine rings is 1. The fraction of sp³-hybridized carbons (Fsp3) is 0.444. The second-order valence-electron chi connectivity index (χ2n) is 6.78. The highest BCUT2D eigenvalue weighted by Gasteiger charge is 2.31. The van der Waals surface area contributed by atoms with Crippen molar-refractivity contribution < 1.29 is 31.9 Å². The van der Waals surface area contributed by atoms with Gasteiger partial charge in [0.25, 0.3) is 5.91 Å². The molecule has 0 unspecified atom stereocenters. The zero-order valence-corrected chi connectivity index (χ0v) is 17.1. The summed E-state index contributed by atoms with van der Waals surface area (Å²) in [6.07, 6.45) is 0.291. The van der Waals surface area contributed by atoms with E-state index in [-0.39, 0.29) is 55.5 Å². The first kappa shape index (κ1) is 21.8. The number of nitrogens with zero attached hydrogens (tertiary/aromatic N) is 4. The first-order valence-electron chi connectivity index (χ1n) is 9.23. The SMILES string of the molecule is CN1N=C(C(=O)OCC(=O)N2CCN(S(=O)(=O)c3ccc(F)cc3)CC2)CCC1=O. The van der Waals surface area contributed by atoms with E-state index in [2.05, 4.69) is 5.10 Å². The first-order valence-corrected chi connectivity index (χ1v) is 10.7. The van der Waals surface area contributed by atoms with E-state index in [4.69, 9.17) is 4.74 Å². The summed E-state index contributed by atoms with van der Waals surface area (Å²) in [5.41, 5.74) is 0.0695. The van der Waals surface area contributed by atoms with E-state index in [1.807, 2.05) is 0 Å². The Morgan fingerprint density at radius 1 is 1.10 bits per heavy atom. The number of hydrazone groups is 1. The number of halogens is 1. The third kappa shape index (κ3) is 4.82. The number of rotatable bonds is 5. The average Bonchev–Trinajstić information content (AvgIpc) is 2.74.